The Balaban J connectivity index is 2.16. The molecule has 0 spiro atoms. The van der Waals surface area contributed by atoms with E-state index in [9.17, 15) is 0 Å². The zero-order chi connectivity index (χ0) is 18.9. The maximum absolute atomic E-state index is 6.43. The van der Waals surface area contributed by atoms with E-state index < -0.39 is 0 Å². The summed E-state index contributed by atoms with van der Waals surface area (Å²) >= 11 is 17.7. The van der Waals surface area contributed by atoms with Gasteiger partial charge in [-0.3, -0.25) is 0 Å². The second-order valence-electron chi connectivity index (χ2n) is 5.38. The molecule has 0 amide bonds. The molecule has 0 aliphatic heterocycles. The molecule has 1 N–H and O–H groups in total. The molecule has 7 heteroatoms. The molecule has 0 radical (unpaired) electrons. The van der Waals surface area contributed by atoms with Gasteiger partial charge in [0, 0.05) is 24.2 Å². The molecular weight excluding hydrogens is 393 g/mol. The van der Waals surface area contributed by atoms with Crippen molar-refractivity contribution in [2.45, 2.75) is 13.5 Å². The third kappa shape index (κ3) is 6.02. The van der Waals surface area contributed by atoms with E-state index in [4.69, 9.17) is 49.6 Å². The maximum atomic E-state index is 6.43. The quantitative estimate of drug-likeness (QED) is 0.468. The lowest BCUT2D eigenvalue weighted by Crippen LogP contribution is -2.26. The van der Waals surface area contributed by atoms with Crippen LogP contribution in [0.15, 0.2) is 36.4 Å². The summed E-state index contributed by atoms with van der Waals surface area (Å²) in [7, 11) is 1.64. The van der Waals surface area contributed by atoms with E-state index in [-0.39, 0.29) is 0 Å². The summed E-state index contributed by atoms with van der Waals surface area (Å²) in [6, 6.07) is 11.0. The van der Waals surface area contributed by atoms with Gasteiger partial charge in [0.25, 0.3) is 0 Å². The van der Waals surface area contributed by atoms with Crippen LogP contribution in [0.3, 0.4) is 0 Å². The van der Waals surface area contributed by atoms with E-state index in [1.54, 1.807) is 13.2 Å². The summed E-state index contributed by atoms with van der Waals surface area (Å²) < 4.78 is 16.6. The molecule has 26 heavy (non-hydrogen) atoms. The first kappa shape index (κ1) is 20.8. The second kappa shape index (κ2) is 10.6. The molecule has 0 aliphatic carbocycles. The average Bonchev–Trinajstić information content (AvgIpc) is 2.62. The average molecular weight is 414 g/mol. The summed E-state index contributed by atoms with van der Waals surface area (Å²) in [4.78, 5) is 0.578. The number of benzene rings is 2. The minimum atomic E-state index is 0.354. The third-order valence-corrected chi connectivity index (χ3v) is 4.37. The Morgan fingerprint density at radius 2 is 1.85 bits per heavy atom. The van der Waals surface area contributed by atoms with Gasteiger partial charge in [-0.2, -0.15) is 0 Å². The van der Waals surface area contributed by atoms with Gasteiger partial charge in [-0.05, 0) is 36.8 Å². The van der Waals surface area contributed by atoms with E-state index in [2.05, 4.69) is 5.32 Å². The monoisotopic (exact) mass is 413 g/mol. The van der Waals surface area contributed by atoms with E-state index in [1.165, 1.54) is 0 Å². The lowest BCUT2D eigenvalue weighted by molar-refractivity contribution is 0.204. The Bertz CT molecular complexity index is 738. The summed E-state index contributed by atoms with van der Waals surface area (Å²) in [6.45, 7) is 3.92. The highest BCUT2D eigenvalue weighted by Gasteiger charge is 2.15. The fourth-order valence-corrected chi connectivity index (χ4v) is 2.82. The molecule has 0 aliphatic rings. The lowest BCUT2D eigenvalue weighted by atomic mass is 10.2. The van der Waals surface area contributed by atoms with Crippen LogP contribution in [-0.4, -0.2) is 31.9 Å². The highest BCUT2D eigenvalue weighted by atomic mass is 35.5. The molecule has 0 bridgehead atoms. The molecule has 0 aromatic heterocycles. The molecule has 2 aromatic carbocycles. The molecule has 4 nitrogen and oxygen atoms in total. The third-order valence-electron chi connectivity index (χ3n) is 3.46. The summed E-state index contributed by atoms with van der Waals surface area (Å²) in [6.07, 6.45) is 0. The van der Waals surface area contributed by atoms with Gasteiger partial charge in [-0.1, -0.05) is 47.6 Å². The fourth-order valence-electron chi connectivity index (χ4n) is 2.21. The molecule has 0 atom stereocenters. The second-order valence-corrected chi connectivity index (χ2v) is 6.63. The highest BCUT2D eigenvalue weighted by molar-refractivity contribution is 7.80. The van der Waals surface area contributed by atoms with Crippen LogP contribution in [0.2, 0.25) is 10.0 Å². The number of hydrogen-bond acceptors (Lipinski definition) is 4. The van der Waals surface area contributed by atoms with E-state index in [1.807, 2.05) is 37.3 Å². The van der Waals surface area contributed by atoms with Gasteiger partial charge >= 0.3 is 0 Å². The van der Waals surface area contributed by atoms with Gasteiger partial charge in [0.15, 0.2) is 11.5 Å². The standard InChI is InChI=1S/C19H21Cl2NO3S/c1-3-24-17-11-14(19(26)22-8-9-23-2)10-16(21)18(17)25-12-13-4-6-15(20)7-5-13/h4-7,10-11H,3,8-9,12H2,1-2H3,(H,22,26). The number of ether oxygens (including phenoxy) is 3. The van der Waals surface area contributed by atoms with Crippen molar-refractivity contribution >= 4 is 40.4 Å². The molecule has 0 saturated carbocycles. The molecule has 0 heterocycles. The first-order valence-corrected chi connectivity index (χ1v) is 9.32. The molecular formula is C19H21Cl2NO3S. The van der Waals surface area contributed by atoms with Crippen molar-refractivity contribution in [2.24, 2.45) is 0 Å². The minimum Gasteiger partial charge on any atom is -0.490 e. The Labute approximate surface area is 169 Å². The molecule has 2 rings (SSSR count). The summed E-state index contributed by atoms with van der Waals surface area (Å²) in [5.74, 6) is 1.05. The highest BCUT2D eigenvalue weighted by Crippen LogP contribution is 2.37. The van der Waals surface area contributed by atoms with Crippen LogP contribution in [0.25, 0.3) is 0 Å². The number of nitrogens with one attached hydrogen (secondary N) is 1. The van der Waals surface area contributed by atoms with Crippen LogP contribution >= 0.6 is 35.4 Å². The normalized spacial score (nSPS) is 10.5. The molecule has 0 unspecified atom stereocenters. The van der Waals surface area contributed by atoms with Gasteiger partial charge in [-0.25, -0.2) is 0 Å². The number of halogens is 2. The van der Waals surface area contributed by atoms with Gasteiger partial charge in [-0.15, -0.1) is 0 Å². The SMILES string of the molecule is CCOc1cc(C(=S)NCCOC)cc(Cl)c1OCc1ccc(Cl)cc1. The van der Waals surface area contributed by atoms with Crippen molar-refractivity contribution in [1.82, 2.24) is 5.32 Å². The van der Waals surface area contributed by atoms with Gasteiger partial charge in [0.1, 0.15) is 11.6 Å². The number of rotatable bonds is 9. The lowest BCUT2D eigenvalue weighted by Gasteiger charge is -2.16. The van der Waals surface area contributed by atoms with Gasteiger partial charge in [0.05, 0.1) is 18.2 Å². The van der Waals surface area contributed by atoms with Crippen molar-refractivity contribution in [3.63, 3.8) is 0 Å². The van der Waals surface area contributed by atoms with Crippen molar-refractivity contribution in [1.29, 1.82) is 0 Å². The van der Waals surface area contributed by atoms with Crippen LogP contribution in [0.5, 0.6) is 11.5 Å². The Kier molecular flexibility index (Phi) is 8.45. The number of hydrogen-bond donors (Lipinski definition) is 1. The molecule has 0 fully saturated rings. The van der Waals surface area contributed by atoms with Crippen LogP contribution < -0.4 is 14.8 Å². The fraction of sp³-hybridized carbons (Fsp3) is 0.316. The summed E-state index contributed by atoms with van der Waals surface area (Å²) in [5, 5.41) is 4.24. The summed E-state index contributed by atoms with van der Waals surface area (Å²) in [5.41, 5.74) is 1.75. The smallest absolute Gasteiger partial charge is 0.180 e. The van der Waals surface area contributed by atoms with E-state index >= 15 is 0 Å². The Morgan fingerprint density at radius 3 is 2.50 bits per heavy atom. The van der Waals surface area contributed by atoms with Crippen LogP contribution in [-0.2, 0) is 11.3 Å². The van der Waals surface area contributed by atoms with Crippen molar-refractivity contribution in [3.8, 4) is 11.5 Å². The van der Waals surface area contributed by atoms with Crippen LogP contribution in [0.4, 0.5) is 0 Å². The Hall–Kier alpha value is -1.53. The predicted octanol–water partition coefficient (Wildman–Crippen LogP) is 4.88. The maximum Gasteiger partial charge on any atom is 0.180 e. The van der Waals surface area contributed by atoms with Crippen molar-refractivity contribution in [2.75, 3.05) is 26.9 Å². The van der Waals surface area contributed by atoms with Gasteiger partial charge < -0.3 is 19.5 Å². The molecule has 140 valence electrons. The number of thiocarbonyl (C=S) groups is 1. The topological polar surface area (TPSA) is 39.7 Å². The first-order chi connectivity index (χ1) is 12.5. The Morgan fingerprint density at radius 1 is 1.12 bits per heavy atom. The molecule has 0 saturated heterocycles. The number of methoxy groups -OCH3 is 1. The van der Waals surface area contributed by atoms with E-state index in [0.29, 0.717) is 52.9 Å². The van der Waals surface area contributed by atoms with Crippen LogP contribution in [0, 0.1) is 0 Å². The van der Waals surface area contributed by atoms with Crippen molar-refractivity contribution in [3.05, 3.63) is 57.6 Å². The van der Waals surface area contributed by atoms with E-state index in [0.717, 1.165) is 11.1 Å². The zero-order valence-electron chi connectivity index (χ0n) is 14.7. The predicted molar refractivity (Wildman–Crippen MR) is 110 cm³/mol. The van der Waals surface area contributed by atoms with Crippen LogP contribution in [0.1, 0.15) is 18.1 Å². The van der Waals surface area contributed by atoms with Crippen molar-refractivity contribution < 1.29 is 14.2 Å². The molecule has 2 aromatic rings. The van der Waals surface area contributed by atoms with Gasteiger partial charge in [0.2, 0.25) is 0 Å². The zero-order valence-corrected chi connectivity index (χ0v) is 17.0. The first-order valence-electron chi connectivity index (χ1n) is 8.15. The largest absolute Gasteiger partial charge is 0.490 e. The minimum absolute atomic E-state index is 0.354.